The molecule has 2 aliphatic rings. The van der Waals surface area contributed by atoms with E-state index in [4.69, 9.17) is 4.74 Å². The number of thiophene rings is 1. The minimum atomic E-state index is -0.839. The van der Waals surface area contributed by atoms with Crippen molar-refractivity contribution in [1.29, 1.82) is 0 Å². The topological polar surface area (TPSA) is 67.1 Å². The predicted molar refractivity (Wildman–Crippen MR) is 156 cm³/mol. The fraction of sp³-hybridized carbons (Fsp3) is 0.667. The van der Waals surface area contributed by atoms with Crippen LogP contribution in [0.4, 0.5) is 0 Å². The van der Waals surface area contributed by atoms with Crippen molar-refractivity contribution in [3.05, 3.63) is 45.9 Å². The number of likely N-dealkylation sites (tertiary alicyclic amines) is 2. The largest absolute Gasteiger partial charge is 0.486 e. The third-order valence-corrected chi connectivity index (χ3v) is 7.94. The molecule has 0 radical (unpaired) electrons. The van der Waals surface area contributed by atoms with Gasteiger partial charge in [-0.3, -0.25) is 9.88 Å². The quantitative estimate of drug-likeness (QED) is 0.475. The van der Waals surface area contributed by atoms with Crippen molar-refractivity contribution in [3.63, 3.8) is 0 Å². The Hall–Kier alpha value is -1.96. The molecular weight excluding hydrogens is 482 g/mol. The Bertz CT molecular complexity index is 863. The monoisotopic (exact) mass is 534 g/mol. The van der Waals surface area contributed by atoms with Crippen LogP contribution in [-0.2, 0) is 10.3 Å². The van der Waals surface area contributed by atoms with Crippen LogP contribution in [0.25, 0.3) is 0 Å². The number of hydrogen-bond acceptors (Lipinski definition) is 5. The Morgan fingerprint density at radius 3 is 2.19 bits per heavy atom. The van der Waals surface area contributed by atoms with E-state index in [1.807, 2.05) is 78.1 Å². The average molecular weight is 535 g/mol. The molecule has 2 aliphatic heterocycles. The summed E-state index contributed by atoms with van der Waals surface area (Å²) in [6.07, 6.45) is 7.59. The molecule has 210 valence electrons. The van der Waals surface area contributed by atoms with Crippen LogP contribution in [0.3, 0.4) is 0 Å². The van der Waals surface area contributed by atoms with Crippen LogP contribution in [0.1, 0.15) is 89.4 Å². The van der Waals surface area contributed by atoms with E-state index in [-0.39, 0.29) is 0 Å². The molecule has 1 atom stereocenters. The van der Waals surface area contributed by atoms with Gasteiger partial charge in [0.15, 0.2) is 5.54 Å². The summed E-state index contributed by atoms with van der Waals surface area (Å²) < 4.78 is 5.81. The standard InChI is InChI=1S/C14H22N2O.C12H17NO2S.2C2H6/c1-12-6-7-14(13(2)15-12)17-11-10-16-8-4-3-5-9-16;1-12(11(14)15,10-6-5-9-16-10)13-7-3-2-4-8-13;2*1-2/h6-7H,3-5,8-11H2,1-2H3;5-6,9H,2-4,7-8H2,1H3,(H,14,15);2*1-2H3/p+1. The smallest absolute Gasteiger partial charge is 0.329 e. The van der Waals surface area contributed by atoms with E-state index in [0.29, 0.717) is 0 Å². The molecule has 0 aromatic carbocycles. The first kappa shape index (κ1) is 33.1. The third-order valence-electron chi connectivity index (χ3n) is 6.86. The lowest BCUT2D eigenvalue weighted by atomic mass is 9.94. The second-order valence-corrected chi connectivity index (χ2v) is 10.3. The molecule has 0 amide bonds. The number of carboxylic acid groups (broad SMARTS) is 1. The number of aryl methyl sites for hydroxylation is 2. The van der Waals surface area contributed by atoms with Crippen LogP contribution in [0.5, 0.6) is 5.75 Å². The first-order valence-electron chi connectivity index (χ1n) is 14.3. The molecule has 0 aliphatic carbocycles. The summed E-state index contributed by atoms with van der Waals surface area (Å²) in [5, 5.41) is 11.5. The Morgan fingerprint density at radius 1 is 1.03 bits per heavy atom. The number of nitrogens with zero attached hydrogens (tertiary/aromatic N) is 2. The van der Waals surface area contributed by atoms with E-state index >= 15 is 0 Å². The molecule has 2 aromatic heterocycles. The van der Waals surface area contributed by atoms with Gasteiger partial charge < -0.3 is 14.7 Å². The molecule has 7 heteroatoms. The van der Waals surface area contributed by atoms with Gasteiger partial charge in [-0.15, -0.1) is 11.3 Å². The zero-order chi connectivity index (χ0) is 27.7. The molecule has 0 saturated carbocycles. The zero-order valence-corrected chi connectivity index (χ0v) is 25.3. The summed E-state index contributed by atoms with van der Waals surface area (Å²) in [5.74, 6) is 0.198. The molecule has 4 heterocycles. The van der Waals surface area contributed by atoms with Crippen molar-refractivity contribution in [2.24, 2.45) is 0 Å². The maximum Gasteiger partial charge on any atom is 0.329 e. The van der Waals surface area contributed by atoms with Gasteiger partial charge in [0.2, 0.25) is 0 Å². The predicted octanol–water partition coefficient (Wildman–Crippen LogP) is 5.73. The van der Waals surface area contributed by atoms with Gasteiger partial charge in [-0.1, -0.05) is 40.2 Å². The van der Waals surface area contributed by atoms with Crippen LogP contribution in [-0.4, -0.2) is 60.3 Å². The normalized spacial score (nSPS) is 17.5. The van der Waals surface area contributed by atoms with E-state index in [9.17, 15) is 9.90 Å². The number of ether oxygens (including phenoxy) is 1. The number of carboxylic acids is 1. The number of pyridine rings is 1. The number of hydrogen-bond donors (Lipinski definition) is 2. The number of carbonyl (C=O) groups is 1. The van der Waals surface area contributed by atoms with Gasteiger partial charge in [-0.2, -0.15) is 0 Å². The van der Waals surface area contributed by atoms with Crippen molar-refractivity contribution in [2.75, 3.05) is 39.3 Å². The highest BCUT2D eigenvalue weighted by Gasteiger charge is 2.42. The fourth-order valence-electron chi connectivity index (χ4n) is 4.73. The molecule has 37 heavy (non-hydrogen) atoms. The molecule has 2 aromatic rings. The number of aromatic nitrogens is 1. The Balaban J connectivity index is 0.000000327. The SMILES string of the molecule is CC.CC.CC(C(=O)O)(c1cccs1)N1CCCCC1.Cc1ccc(OCC[NH+]2CCCCC2)c(C)n1. The Morgan fingerprint density at radius 2 is 1.65 bits per heavy atom. The van der Waals surface area contributed by atoms with Crippen molar-refractivity contribution in [3.8, 4) is 5.75 Å². The number of nitrogens with one attached hydrogen (secondary N) is 1. The second kappa shape index (κ2) is 18.3. The summed E-state index contributed by atoms with van der Waals surface area (Å²) >= 11 is 1.53. The molecule has 0 bridgehead atoms. The van der Waals surface area contributed by atoms with Gasteiger partial charge in [0, 0.05) is 10.6 Å². The van der Waals surface area contributed by atoms with Gasteiger partial charge in [-0.25, -0.2) is 4.79 Å². The summed E-state index contributed by atoms with van der Waals surface area (Å²) in [7, 11) is 0. The number of rotatable bonds is 7. The van der Waals surface area contributed by atoms with Crippen molar-refractivity contribution < 1.29 is 19.5 Å². The maximum atomic E-state index is 11.6. The molecule has 0 spiro atoms. The molecule has 2 saturated heterocycles. The minimum absolute atomic E-state index is 0.739. The molecule has 2 N–H and O–H groups in total. The number of piperidine rings is 2. The van der Waals surface area contributed by atoms with Gasteiger partial charge in [-0.05, 0) is 89.5 Å². The fourth-order valence-corrected chi connectivity index (χ4v) is 5.63. The highest BCUT2D eigenvalue weighted by Crippen LogP contribution is 2.34. The van der Waals surface area contributed by atoms with E-state index in [1.165, 1.54) is 50.1 Å². The van der Waals surface area contributed by atoms with Gasteiger partial charge in [0.05, 0.1) is 18.8 Å². The number of aliphatic carboxylic acids is 1. The molecule has 4 rings (SSSR count). The summed E-state index contributed by atoms with van der Waals surface area (Å²) in [4.78, 5) is 20.7. The average Bonchev–Trinajstić information content (AvgIpc) is 3.49. The minimum Gasteiger partial charge on any atom is -0.486 e. The van der Waals surface area contributed by atoms with E-state index in [1.54, 1.807) is 4.90 Å². The highest BCUT2D eigenvalue weighted by atomic mass is 32.1. The van der Waals surface area contributed by atoms with E-state index in [0.717, 1.165) is 61.1 Å². The Labute approximate surface area is 230 Å². The molecule has 1 unspecified atom stereocenters. The summed E-state index contributed by atoms with van der Waals surface area (Å²) in [6, 6.07) is 7.89. The van der Waals surface area contributed by atoms with E-state index in [2.05, 4.69) is 9.88 Å². The zero-order valence-electron chi connectivity index (χ0n) is 24.4. The third kappa shape index (κ3) is 10.4. The lowest BCUT2D eigenvalue weighted by Crippen LogP contribution is -3.13. The van der Waals surface area contributed by atoms with Crippen molar-refractivity contribution >= 4 is 17.3 Å². The summed E-state index contributed by atoms with van der Waals surface area (Å²) in [5.41, 5.74) is 1.21. The van der Waals surface area contributed by atoms with Crippen LogP contribution < -0.4 is 9.64 Å². The van der Waals surface area contributed by atoms with Gasteiger partial charge >= 0.3 is 5.97 Å². The first-order chi connectivity index (χ1) is 17.9. The van der Waals surface area contributed by atoms with E-state index < -0.39 is 11.5 Å². The van der Waals surface area contributed by atoms with Crippen LogP contribution in [0.2, 0.25) is 0 Å². The van der Waals surface area contributed by atoms with Gasteiger partial charge in [0.1, 0.15) is 18.9 Å². The molecule has 2 fully saturated rings. The van der Waals surface area contributed by atoms with Crippen LogP contribution >= 0.6 is 11.3 Å². The Kier molecular flexibility index (Phi) is 16.4. The van der Waals surface area contributed by atoms with Crippen molar-refractivity contribution in [1.82, 2.24) is 9.88 Å². The lowest BCUT2D eigenvalue weighted by molar-refractivity contribution is -0.904. The second-order valence-electron chi connectivity index (χ2n) is 9.35. The summed E-state index contributed by atoms with van der Waals surface area (Å²) in [6.45, 7) is 20.2. The van der Waals surface area contributed by atoms with Crippen LogP contribution in [0.15, 0.2) is 29.6 Å². The molecule has 6 nitrogen and oxygen atoms in total. The van der Waals surface area contributed by atoms with Gasteiger partial charge in [0.25, 0.3) is 0 Å². The number of quaternary nitrogens is 1. The van der Waals surface area contributed by atoms with Crippen LogP contribution in [0, 0.1) is 13.8 Å². The highest BCUT2D eigenvalue weighted by molar-refractivity contribution is 7.10. The first-order valence-corrected chi connectivity index (χ1v) is 15.2. The molecular formula is C30H52N3O3S+. The van der Waals surface area contributed by atoms with Crippen molar-refractivity contribution in [2.45, 2.75) is 92.5 Å². The maximum absolute atomic E-state index is 11.6. The lowest BCUT2D eigenvalue weighted by Gasteiger charge is -2.39.